The fraction of sp³-hybridized carbons (Fsp3) is 0.267. The summed E-state index contributed by atoms with van der Waals surface area (Å²) in [7, 11) is 1.96. The second kappa shape index (κ2) is 6.15. The van der Waals surface area contributed by atoms with E-state index in [9.17, 15) is 0 Å². The third-order valence-electron chi connectivity index (χ3n) is 3.22. The SMILES string of the molecule is CNCc1cc(Cn2nnc(-c3ccccc3)n2)c(C)s1. The van der Waals surface area contributed by atoms with Gasteiger partial charge in [0, 0.05) is 21.9 Å². The first-order chi connectivity index (χ1) is 10.3. The van der Waals surface area contributed by atoms with Crippen molar-refractivity contribution < 1.29 is 0 Å². The van der Waals surface area contributed by atoms with Crippen LogP contribution in [-0.2, 0) is 13.1 Å². The van der Waals surface area contributed by atoms with E-state index in [1.807, 2.05) is 48.7 Å². The van der Waals surface area contributed by atoms with Gasteiger partial charge in [0.25, 0.3) is 0 Å². The Labute approximate surface area is 127 Å². The van der Waals surface area contributed by atoms with Crippen LogP contribution in [0.25, 0.3) is 11.4 Å². The summed E-state index contributed by atoms with van der Waals surface area (Å²) in [6.07, 6.45) is 0. The Morgan fingerprint density at radius 1 is 1.24 bits per heavy atom. The second-order valence-corrected chi connectivity index (χ2v) is 6.17. The average Bonchev–Trinajstić information content (AvgIpc) is 3.09. The Balaban J connectivity index is 1.78. The molecule has 0 bridgehead atoms. The second-order valence-electron chi connectivity index (χ2n) is 4.83. The molecule has 0 unspecified atom stereocenters. The summed E-state index contributed by atoms with van der Waals surface area (Å²) in [6, 6.07) is 12.1. The Bertz CT molecular complexity index is 717. The van der Waals surface area contributed by atoms with Crippen LogP contribution in [0.15, 0.2) is 36.4 Å². The summed E-state index contributed by atoms with van der Waals surface area (Å²) in [5, 5.41) is 15.9. The number of hydrogen-bond acceptors (Lipinski definition) is 5. The van der Waals surface area contributed by atoms with Crippen molar-refractivity contribution in [1.82, 2.24) is 25.5 Å². The van der Waals surface area contributed by atoms with Crippen LogP contribution < -0.4 is 5.32 Å². The number of benzene rings is 1. The standard InChI is InChI=1S/C15H17N5S/c1-11-13(8-14(21-11)9-16-2)10-20-18-15(17-19-20)12-6-4-3-5-7-12/h3-8,16H,9-10H2,1-2H3. The summed E-state index contributed by atoms with van der Waals surface area (Å²) >= 11 is 1.81. The van der Waals surface area contributed by atoms with Gasteiger partial charge in [-0.15, -0.1) is 21.5 Å². The highest BCUT2D eigenvalue weighted by atomic mass is 32.1. The van der Waals surface area contributed by atoms with Gasteiger partial charge in [0.15, 0.2) is 0 Å². The molecule has 0 spiro atoms. The predicted octanol–water partition coefficient (Wildman–Crippen LogP) is 2.48. The summed E-state index contributed by atoms with van der Waals surface area (Å²) in [5.74, 6) is 0.666. The molecule has 2 aromatic heterocycles. The molecule has 1 aromatic carbocycles. The van der Waals surface area contributed by atoms with Crippen LogP contribution in [0, 0.1) is 6.92 Å². The Morgan fingerprint density at radius 2 is 2.05 bits per heavy atom. The van der Waals surface area contributed by atoms with Gasteiger partial charge in [0.2, 0.25) is 5.82 Å². The quantitative estimate of drug-likeness (QED) is 0.786. The molecule has 0 radical (unpaired) electrons. The molecule has 21 heavy (non-hydrogen) atoms. The molecule has 108 valence electrons. The third-order valence-corrected chi connectivity index (χ3v) is 4.31. The highest BCUT2D eigenvalue weighted by molar-refractivity contribution is 7.12. The molecule has 1 N–H and O–H groups in total. The van der Waals surface area contributed by atoms with Gasteiger partial charge in [0.05, 0.1) is 6.54 Å². The van der Waals surface area contributed by atoms with E-state index in [4.69, 9.17) is 0 Å². The van der Waals surface area contributed by atoms with Crippen LogP contribution in [-0.4, -0.2) is 27.3 Å². The minimum atomic E-state index is 0.659. The monoisotopic (exact) mass is 299 g/mol. The summed E-state index contributed by atoms with van der Waals surface area (Å²) < 4.78 is 0. The first kappa shape index (κ1) is 13.9. The number of nitrogens with one attached hydrogen (secondary N) is 1. The van der Waals surface area contributed by atoms with Crippen molar-refractivity contribution in [2.45, 2.75) is 20.0 Å². The lowest BCUT2D eigenvalue weighted by Gasteiger charge is -1.97. The molecule has 0 fully saturated rings. The molecule has 6 heteroatoms. The third kappa shape index (κ3) is 3.17. The van der Waals surface area contributed by atoms with Crippen LogP contribution >= 0.6 is 11.3 Å². The van der Waals surface area contributed by atoms with Crippen molar-refractivity contribution in [2.75, 3.05) is 7.05 Å². The van der Waals surface area contributed by atoms with Crippen LogP contribution in [0.3, 0.4) is 0 Å². The van der Waals surface area contributed by atoms with Gasteiger partial charge >= 0.3 is 0 Å². The Morgan fingerprint density at radius 3 is 2.81 bits per heavy atom. The molecular weight excluding hydrogens is 282 g/mol. The molecule has 0 saturated heterocycles. The van der Waals surface area contributed by atoms with Gasteiger partial charge in [-0.05, 0) is 30.8 Å². The normalized spacial score (nSPS) is 11.0. The maximum atomic E-state index is 4.46. The molecule has 2 heterocycles. The smallest absolute Gasteiger partial charge is 0.204 e. The molecule has 0 aliphatic carbocycles. The Hall–Kier alpha value is -2.05. The summed E-state index contributed by atoms with van der Waals surface area (Å²) in [6.45, 7) is 3.69. The highest BCUT2D eigenvalue weighted by Gasteiger charge is 2.09. The van der Waals surface area contributed by atoms with E-state index in [0.29, 0.717) is 12.4 Å². The van der Waals surface area contributed by atoms with E-state index in [2.05, 4.69) is 33.7 Å². The molecule has 5 nitrogen and oxygen atoms in total. The van der Waals surface area contributed by atoms with Crippen molar-refractivity contribution in [3.05, 3.63) is 51.7 Å². The predicted molar refractivity (Wildman–Crippen MR) is 84.2 cm³/mol. The minimum absolute atomic E-state index is 0.659. The molecule has 0 amide bonds. The van der Waals surface area contributed by atoms with Crippen molar-refractivity contribution >= 4 is 11.3 Å². The van der Waals surface area contributed by atoms with Crippen molar-refractivity contribution in [2.24, 2.45) is 0 Å². The lowest BCUT2D eigenvalue weighted by Crippen LogP contribution is -2.05. The van der Waals surface area contributed by atoms with Crippen molar-refractivity contribution in [3.8, 4) is 11.4 Å². The number of aryl methyl sites for hydroxylation is 1. The minimum Gasteiger partial charge on any atom is -0.315 e. The van der Waals surface area contributed by atoms with Crippen LogP contribution in [0.2, 0.25) is 0 Å². The summed E-state index contributed by atoms with van der Waals surface area (Å²) in [5.41, 5.74) is 2.24. The number of aromatic nitrogens is 4. The first-order valence-electron chi connectivity index (χ1n) is 6.82. The van der Waals surface area contributed by atoms with Gasteiger partial charge in [0.1, 0.15) is 0 Å². The van der Waals surface area contributed by atoms with E-state index < -0.39 is 0 Å². The van der Waals surface area contributed by atoms with E-state index in [-0.39, 0.29) is 0 Å². The van der Waals surface area contributed by atoms with Gasteiger partial charge < -0.3 is 5.32 Å². The van der Waals surface area contributed by atoms with Gasteiger partial charge in [-0.2, -0.15) is 4.80 Å². The number of nitrogens with zero attached hydrogens (tertiary/aromatic N) is 4. The lowest BCUT2D eigenvalue weighted by atomic mass is 10.2. The molecule has 0 aliphatic rings. The zero-order chi connectivity index (χ0) is 14.7. The molecule has 3 rings (SSSR count). The zero-order valence-electron chi connectivity index (χ0n) is 12.1. The molecular formula is C15H17N5S. The number of hydrogen-bond donors (Lipinski definition) is 1. The van der Waals surface area contributed by atoms with Crippen molar-refractivity contribution in [1.29, 1.82) is 0 Å². The van der Waals surface area contributed by atoms with E-state index in [1.165, 1.54) is 15.3 Å². The van der Waals surface area contributed by atoms with Crippen molar-refractivity contribution in [3.63, 3.8) is 0 Å². The van der Waals surface area contributed by atoms with Crippen LogP contribution in [0.4, 0.5) is 0 Å². The lowest BCUT2D eigenvalue weighted by molar-refractivity contribution is 0.572. The highest BCUT2D eigenvalue weighted by Crippen LogP contribution is 2.22. The average molecular weight is 299 g/mol. The van der Waals surface area contributed by atoms with Gasteiger partial charge in [-0.25, -0.2) is 0 Å². The fourth-order valence-electron chi connectivity index (χ4n) is 2.17. The maximum Gasteiger partial charge on any atom is 0.204 e. The molecule has 3 aromatic rings. The molecule has 0 aliphatic heterocycles. The fourth-order valence-corrected chi connectivity index (χ4v) is 3.24. The largest absolute Gasteiger partial charge is 0.315 e. The number of tetrazole rings is 1. The first-order valence-corrected chi connectivity index (χ1v) is 7.64. The van der Waals surface area contributed by atoms with Crippen LogP contribution in [0.1, 0.15) is 15.3 Å². The van der Waals surface area contributed by atoms with Gasteiger partial charge in [-0.1, -0.05) is 30.3 Å². The maximum absolute atomic E-state index is 4.46. The van der Waals surface area contributed by atoms with Gasteiger partial charge in [-0.3, -0.25) is 0 Å². The Kier molecular flexibility index (Phi) is 4.08. The van der Waals surface area contributed by atoms with Crippen LogP contribution in [0.5, 0.6) is 0 Å². The van der Waals surface area contributed by atoms with E-state index >= 15 is 0 Å². The number of thiophene rings is 1. The zero-order valence-corrected chi connectivity index (χ0v) is 12.9. The van der Waals surface area contributed by atoms with E-state index in [1.54, 1.807) is 4.80 Å². The van der Waals surface area contributed by atoms with E-state index in [0.717, 1.165) is 12.1 Å². The topological polar surface area (TPSA) is 55.6 Å². The molecule has 0 atom stereocenters. The summed E-state index contributed by atoms with van der Waals surface area (Å²) in [4.78, 5) is 4.28. The number of rotatable bonds is 5. The molecule has 0 saturated carbocycles.